The van der Waals surface area contributed by atoms with Crippen molar-refractivity contribution < 1.29 is 14.3 Å². The average Bonchev–Trinajstić information content (AvgIpc) is 2.54. The van der Waals surface area contributed by atoms with E-state index in [9.17, 15) is 4.79 Å². The molecule has 23 heavy (non-hydrogen) atoms. The summed E-state index contributed by atoms with van der Waals surface area (Å²) >= 11 is 0. The molecule has 128 valence electrons. The van der Waals surface area contributed by atoms with Crippen LogP contribution in [0, 0.1) is 5.41 Å². The molecule has 1 aliphatic rings. The van der Waals surface area contributed by atoms with Crippen LogP contribution in [0.25, 0.3) is 0 Å². The van der Waals surface area contributed by atoms with Gasteiger partial charge in [0.25, 0.3) is 0 Å². The molecule has 0 aliphatic carbocycles. The van der Waals surface area contributed by atoms with Crippen molar-refractivity contribution in [1.82, 2.24) is 15.1 Å². The molecule has 0 unspecified atom stereocenters. The van der Waals surface area contributed by atoms with Gasteiger partial charge in [0, 0.05) is 44.8 Å². The van der Waals surface area contributed by atoms with E-state index in [0.29, 0.717) is 32.2 Å². The summed E-state index contributed by atoms with van der Waals surface area (Å²) in [7, 11) is 1.63. The lowest BCUT2D eigenvalue weighted by Crippen LogP contribution is -2.51. The van der Waals surface area contributed by atoms with Crippen molar-refractivity contribution in [3.8, 4) is 5.88 Å². The van der Waals surface area contributed by atoms with Crippen LogP contribution in [0.1, 0.15) is 20.8 Å². The van der Waals surface area contributed by atoms with E-state index in [1.165, 1.54) is 0 Å². The average molecular weight is 322 g/mol. The zero-order chi connectivity index (χ0) is 16.9. The lowest BCUT2D eigenvalue weighted by molar-refractivity contribution is -0.139. The van der Waals surface area contributed by atoms with Gasteiger partial charge < -0.3 is 19.3 Å². The fourth-order valence-corrected chi connectivity index (χ4v) is 2.40. The highest BCUT2D eigenvalue weighted by atomic mass is 16.5. The number of hydrogen-bond acceptors (Lipinski definition) is 6. The highest BCUT2D eigenvalue weighted by Crippen LogP contribution is 2.20. The molecule has 0 saturated carbocycles. The number of rotatable bonds is 5. The molecule has 1 aromatic heterocycles. The van der Waals surface area contributed by atoms with Crippen LogP contribution >= 0.6 is 0 Å². The van der Waals surface area contributed by atoms with E-state index in [2.05, 4.69) is 15.1 Å². The predicted octanol–water partition coefficient (Wildman–Crippen LogP) is 1.20. The third-order valence-corrected chi connectivity index (χ3v) is 3.70. The van der Waals surface area contributed by atoms with Crippen molar-refractivity contribution in [2.75, 3.05) is 51.4 Å². The smallest absolute Gasteiger partial charge is 0.233 e. The van der Waals surface area contributed by atoms with E-state index in [1.807, 2.05) is 37.8 Å². The molecule has 1 aliphatic heterocycles. The first-order chi connectivity index (χ1) is 10.9. The van der Waals surface area contributed by atoms with Gasteiger partial charge in [-0.3, -0.25) is 4.79 Å². The van der Waals surface area contributed by atoms with Crippen molar-refractivity contribution in [2.45, 2.75) is 20.8 Å². The van der Waals surface area contributed by atoms with Gasteiger partial charge in [0.2, 0.25) is 11.8 Å². The summed E-state index contributed by atoms with van der Waals surface area (Å²) in [6, 6.07) is 3.71. The van der Waals surface area contributed by atoms with Crippen LogP contribution in [0.2, 0.25) is 0 Å². The van der Waals surface area contributed by atoms with E-state index < -0.39 is 0 Å². The number of carbonyl (C=O) groups is 1. The molecule has 7 nitrogen and oxygen atoms in total. The number of amides is 1. The summed E-state index contributed by atoms with van der Waals surface area (Å²) in [6.07, 6.45) is 0. The quantitative estimate of drug-likeness (QED) is 0.759. The van der Waals surface area contributed by atoms with Crippen LogP contribution in [0.3, 0.4) is 0 Å². The van der Waals surface area contributed by atoms with Crippen molar-refractivity contribution in [3.63, 3.8) is 0 Å². The molecule has 2 rings (SSSR count). The Balaban J connectivity index is 1.86. The van der Waals surface area contributed by atoms with Crippen LogP contribution < -0.4 is 9.64 Å². The zero-order valence-corrected chi connectivity index (χ0v) is 14.4. The van der Waals surface area contributed by atoms with Crippen molar-refractivity contribution in [3.05, 3.63) is 12.1 Å². The van der Waals surface area contributed by atoms with Gasteiger partial charge in [-0.2, -0.15) is 0 Å². The third-order valence-electron chi connectivity index (χ3n) is 3.70. The number of methoxy groups -OCH3 is 1. The second-order valence-electron chi connectivity index (χ2n) is 6.60. The Kier molecular flexibility index (Phi) is 5.76. The van der Waals surface area contributed by atoms with E-state index in [4.69, 9.17) is 9.47 Å². The highest BCUT2D eigenvalue weighted by molar-refractivity contribution is 5.81. The first-order valence-corrected chi connectivity index (χ1v) is 7.91. The summed E-state index contributed by atoms with van der Waals surface area (Å²) in [5.41, 5.74) is -0.330. The number of nitrogens with zero attached hydrogens (tertiary/aromatic N) is 4. The van der Waals surface area contributed by atoms with Gasteiger partial charge in [-0.05, 0) is 6.07 Å². The molecule has 1 saturated heterocycles. The van der Waals surface area contributed by atoms with Crippen LogP contribution in [-0.4, -0.2) is 67.5 Å². The van der Waals surface area contributed by atoms with Gasteiger partial charge in [-0.1, -0.05) is 20.8 Å². The third kappa shape index (κ3) is 4.79. The summed E-state index contributed by atoms with van der Waals surface area (Å²) < 4.78 is 10.3. The largest absolute Gasteiger partial charge is 0.474 e. The van der Waals surface area contributed by atoms with E-state index in [0.717, 1.165) is 18.9 Å². The highest BCUT2D eigenvalue weighted by Gasteiger charge is 2.29. The second kappa shape index (κ2) is 7.59. The van der Waals surface area contributed by atoms with E-state index >= 15 is 0 Å². The Bertz CT molecular complexity index is 505. The summed E-state index contributed by atoms with van der Waals surface area (Å²) in [6.45, 7) is 9.79. The monoisotopic (exact) mass is 322 g/mol. The summed E-state index contributed by atoms with van der Waals surface area (Å²) in [5.74, 6) is 1.50. The Morgan fingerprint density at radius 2 is 1.83 bits per heavy atom. The van der Waals surface area contributed by atoms with Gasteiger partial charge in [-0.25, -0.2) is 0 Å². The lowest BCUT2D eigenvalue weighted by atomic mass is 9.94. The Morgan fingerprint density at radius 1 is 1.13 bits per heavy atom. The number of ether oxygens (including phenoxy) is 2. The molecule has 1 amide bonds. The molecule has 1 fully saturated rings. The van der Waals surface area contributed by atoms with Gasteiger partial charge in [-0.15, -0.1) is 10.2 Å². The fourth-order valence-electron chi connectivity index (χ4n) is 2.40. The van der Waals surface area contributed by atoms with Gasteiger partial charge in [0.05, 0.1) is 6.61 Å². The molecular formula is C16H26N4O3. The van der Waals surface area contributed by atoms with Crippen LogP contribution in [-0.2, 0) is 9.53 Å². The summed E-state index contributed by atoms with van der Waals surface area (Å²) in [4.78, 5) is 16.3. The van der Waals surface area contributed by atoms with Gasteiger partial charge in [0.1, 0.15) is 6.61 Å². The number of carbonyl (C=O) groups excluding carboxylic acids is 1. The van der Waals surface area contributed by atoms with Gasteiger partial charge >= 0.3 is 0 Å². The standard InChI is InChI=1S/C16H26N4O3/c1-16(2,3)15(21)20-9-7-19(8-10-20)13-5-6-14(18-17-13)23-12-11-22-4/h5-6H,7-12H2,1-4H3. The molecule has 1 aromatic rings. The molecule has 0 N–H and O–H groups in total. The molecular weight excluding hydrogens is 296 g/mol. The first kappa shape index (κ1) is 17.5. The molecule has 0 atom stereocenters. The maximum absolute atomic E-state index is 12.3. The van der Waals surface area contributed by atoms with Gasteiger partial charge in [0.15, 0.2) is 5.82 Å². The number of hydrogen-bond donors (Lipinski definition) is 0. The maximum atomic E-state index is 12.3. The summed E-state index contributed by atoms with van der Waals surface area (Å²) in [5, 5.41) is 8.28. The van der Waals surface area contributed by atoms with Crippen molar-refractivity contribution >= 4 is 11.7 Å². The van der Waals surface area contributed by atoms with Crippen LogP contribution in [0.15, 0.2) is 12.1 Å². The topological polar surface area (TPSA) is 67.8 Å². The zero-order valence-electron chi connectivity index (χ0n) is 14.4. The Morgan fingerprint density at radius 3 is 2.35 bits per heavy atom. The second-order valence-corrected chi connectivity index (χ2v) is 6.60. The van der Waals surface area contributed by atoms with Crippen molar-refractivity contribution in [1.29, 1.82) is 0 Å². The Hall–Kier alpha value is -1.89. The fraction of sp³-hybridized carbons (Fsp3) is 0.688. The molecule has 2 heterocycles. The minimum Gasteiger partial charge on any atom is -0.474 e. The molecule has 0 radical (unpaired) electrons. The normalized spacial score (nSPS) is 15.7. The molecule has 0 spiro atoms. The SMILES string of the molecule is COCCOc1ccc(N2CCN(C(=O)C(C)(C)C)CC2)nn1. The molecule has 7 heteroatoms. The van der Waals surface area contributed by atoms with Crippen LogP contribution in [0.4, 0.5) is 5.82 Å². The lowest BCUT2D eigenvalue weighted by Gasteiger charge is -2.37. The minimum atomic E-state index is -0.330. The van der Waals surface area contributed by atoms with E-state index in [1.54, 1.807) is 7.11 Å². The maximum Gasteiger partial charge on any atom is 0.233 e. The Labute approximate surface area is 137 Å². The first-order valence-electron chi connectivity index (χ1n) is 7.91. The van der Waals surface area contributed by atoms with Crippen molar-refractivity contribution in [2.24, 2.45) is 5.41 Å². The minimum absolute atomic E-state index is 0.199. The number of anilines is 1. The van der Waals surface area contributed by atoms with Crippen LogP contribution in [0.5, 0.6) is 5.88 Å². The predicted molar refractivity (Wildman–Crippen MR) is 87.7 cm³/mol. The number of aromatic nitrogens is 2. The van der Waals surface area contributed by atoms with E-state index in [-0.39, 0.29) is 11.3 Å². The molecule has 0 bridgehead atoms. The molecule has 0 aromatic carbocycles. The number of piperazine rings is 1.